The third kappa shape index (κ3) is 4.64. The first-order chi connectivity index (χ1) is 13.5. The van der Waals surface area contributed by atoms with Crippen molar-refractivity contribution < 1.29 is 21.6 Å². The molecule has 0 saturated carbocycles. The average Bonchev–Trinajstić information content (AvgIpc) is 3.28. The Balaban J connectivity index is 1.82. The molecule has 1 unspecified atom stereocenters. The van der Waals surface area contributed by atoms with E-state index in [0.29, 0.717) is 16.5 Å². The van der Waals surface area contributed by atoms with Gasteiger partial charge in [0.15, 0.2) is 0 Å². The van der Waals surface area contributed by atoms with Crippen molar-refractivity contribution in [2.45, 2.75) is 36.6 Å². The van der Waals surface area contributed by atoms with Gasteiger partial charge in [-0.2, -0.15) is 18.3 Å². The van der Waals surface area contributed by atoms with E-state index in [1.54, 1.807) is 12.1 Å². The van der Waals surface area contributed by atoms with Crippen LogP contribution in [-0.4, -0.2) is 18.2 Å². The number of nitrogens with one attached hydrogen (secondary N) is 1. The van der Waals surface area contributed by atoms with Crippen LogP contribution in [0.2, 0.25) is 0 Å². The van der Waals surface area contributed by atoms with Gasteiger partial charge in [0.2, 0.25) is 0 Å². The van der Waals surface area contributed by atoms with E-state index < -0.39 is 21.9 Å². The van der Waals surface area contributed by atoms with Gasteiger partial charge >= 0.3 is 6.18 Å². The molecule has 5 nitrogen and oxygen atoms in total. The van der Waals surface area contributed by atoms with Gasteiger partial charge in [-0.1, -0.05) is 26.0 Å². The number of halogens is 3. The van der Waals surface area contributed by atoms with Crippen LogP contribution in [0.25, 0.3) is 10.6 Å². The molecule has 0 spiro atoms. The molecule has 3 aromatic rings. The fraction of sp³-hybridized carbons (Fsp3) is 0.316. The lowest BCUT2D eigenvalue weighted by molar-refractivity contribution is -0.143. The second-order valence-electron chi connectivity index (χ2n) is 6.69. The molecule has 0 radical (unpaired) electrons. The maximum Gasteiger partial charge on any atom is 0.433 e. The quantitative estimate of drug-likeness (QED) is 0.549. The number of hydrogen-bond donors (Lipinski definition) is 1. The standard InChI is InChI=1S/C19H20F3N3O2S2/c1-4-12(2)13-5-7-14(8-6-13)24-29(26,27)18-10-9-16(28-18)15-11-17(19(20,21)22)25(3)23-15/h5-12,24H,4H2,1-3H3. The molecule has 0 aliphatic heterocycles. The Bertz CT molecular complexity index is 1100. The maximum absolute atomic E-state index is 13.0. The fourth-order valence-electron chi connectivity index (χ4n) is 2.78. The van der Waals surface area contributed by atoms with Crippen molar-refractivity contribution in [3.8, 4) is 10.6 Å². The van der Waals surface area contributed by atoms with Crippen molar-refractivity contribution in [3.05, 3.63) is 53.7 Å². The second-order valence-corrected chi connectivity index (χ2v) is 9.68. The minimum absolute atomic E-state index is 0.00212. The molecule has 3 rings (SSSR count). The molecular weight excluding hydrogens is 423 g/mol. The number of aryl methyl sites for hydroxylation is 1. The lowest BCUT2D eigenvalue weighted by Crippen LogP contribution is -2.11. The zero-order valence-electron chi connectivity index (χ0n) is 16.0. The molecular formula is C19H20F3N3O2S2. The lowest BCUT2D eigenvalue weighted by atomic mass is 9.99. The zero-order chi connectivity index (χ0) is 21.4. The first-order valence-corrected chi connectivity index (χ1v) is 11.2. The van der Waals surface area contributed by atoms with Gasteiger partial charge < -0.3 is 0 Å². The summed E-state index contributed by atoms with van der Waals surface area (Å²) < 4.78 is 67.4. The number of benzene rings is 1. The highest BCUT2D eigenvalue weighted by molar-refractivity contribution is 7.94. The Morgan fingerprint density at radius 2 is 1.83 bits per heavy atom. The molecule has 2 aromatic heterocycles. The average molecular weight is 444 g/mol. The molecule has 0 amide bonds. The van der Waals surface area contributed by atoms with Gasteiger partial charge in [-0.25, -0.2) is 8.42 Å². The SMILES string of the molecule is CCC(C)c1ccc(NS(=O)(=O)c2ccc(-c3cc(C(F)(F)F)n(C)n3)s2)cc1. The van der Waals surface area contributed by atoms with E-state index in [2.05, 4.69) is 23.7 Å². The van der Waals surface area contributed by atoms with Crippen molar-refractivity contribution >= 4 is 27.0 Å². The van der Waals surface area contributed by atoms with Gasteiger partial charge in [-0.15, -0.1) is 11.3 Å². The zero-order valence-corrected chi connectivity index (χ0v) is 17.6. The molecule has 10 heteroatoms. The molecule has 0 aliphatic carbocycles. The van der Waals surface area contributed by atoms with Gasteiger partial charge in [0.1, 0.15) is 15.6 Å². The highest BCUT2D eigenvalue weighted by atomic mass is 32.2. The normalized spacial score (nSPS) is 13.4. The molecule has 1 N–H and O–H groups in total. The van der Waals surface area contributed by atoms with Crippen LogP contribution in [0.15, 0.2) is 46.7 Å². The van der Waals surface area contributed by atoms with Crippen LogP contribution in [0.3, 0.4) is 0 Å². The fourth-order valence-corrected chi connectivity index (χ4v) is 5.10. The van der Waals surface area contributed by atoms with Gasteiger partial charge in [0.05, 0.1) is 4.88 Å². The molecule has 156 valence electrons. The van der Waals surface area contributed by atoms with Crippen LogP contribution in [0.5, 0.6) is 0 Å². The van der Waals surface area contributed by atoms with E-state index in [1.807, 2.05) is 12.1 Å². The molecule has 0 saturated heterocycles. The van der Waals surface area contributed by atoms with E-state index in [0.717, 1.165) is 34.1 Å². The van der Waals surface area contributed by atoms with Crippen molar-refractivity contribution in [1.82, 2.24) is 9.78 Å². The summed E-state index contributed by atoms with van der Waals surface area (Å²) >= 11 is 0.863. The van der Waals surface area contributed by atoms with Gasteiger partial charge in [0, 0.05) is 12.7 Å². The highest BCUT2D eigenvalue weighted by Gasteiger charge is 2.35. The molecule has 0 fully saturated rings. The molecule has 1 aromatic carbocycles. The number of thiophene rings is 1. The third-order valence-electron chi connectivity index (χ3n) is 4.61. The summed E-state index contributed by atoms with van der Waals surface area (Å²) in [5, 5.41) is 3.85. The lowest BCUT2D eigenvalue weighted by Gasteiger charge is -2.11. The van der Waals surface area contributed by atoms with Crippen LogP contribution in [0.1, 0.15) is 37.4 Å². The largest absolute Gasteiger partial charge is 0.433 e. The minimum atomic E-state index is -4.53. The first-order valence-electron chi connectivity index (χ1n) is 8.85. The summed E-state index contributed by atoms with van der Waals surface area (Å²) in [6.45, 7) is 4.17. The first kappa shape index (κ1) is 21.4. The number of alkyl halides is 3. The summed E-state index contributed by atoms with van der Waals surface area (Å²) in [4.78, 5) is 0.337. The van der Waals surface area contributed by atoms with Crippen molar-refractivity contribution in [2.24, 2.45) is 7.05 Å². The Morgan fingerprint density at radius 3 is 2.38 bits per heavy atom. The van der Waals surface area contributed by atoms with E-state index in [9.17, 15) is 21.6 Å². The number of hydrogen-bond acceptors (Lipinski definition) is 4. The van der Waals surface area contributed by atoms with Crippen LogP contribution < -0.4 is 4.72 Å². The second kappa shape index (κ2) is 7.83. The van der Waals surface area contributed by atoms with E-state index in [4.69, 9.17) is 0 Å². The van der Waals surface area contributed by atoms with Gasteiger partial charge in [-0.3, -0.25) is 9.40 Å². The van der Waals surface area contributed by atoms with Crippen LogP contribution in [0.4, 0.5) is 18.9 Å². The third-order valence-corrected chi connectivity index (χ3v) is 7.59. The Hall–Kier alpha value is -2.33. The van der Waals surface area contributed by atoms with Crippen molar-refractivity contribution in [3.63, 3.8) is 0 Å². The number of anilines is 1. The van der Waals surface area contributed by atoms with Crippen LogP contribution >= 0.6 is 11.3 Å². The molecule has 2 heterocycles. The molecule has 0 bridgehead atoms. The van der Waals surface area contributed by atoms with Gasteiger partial charge in [-0.05, 0) is 48.2 Å². The summed E-state index contributed by atoms with van der Waals surface area (Å²) in [6, 6.07) is 10.9. The Morgan fingerprint density at radius 1 is 1.17 bits per heavy atom. The number of nitrogens with zero attached hydrogens (tertiary/aromatic N) is 2. The summed E-state index contributed by atoms with van der Waals surface area (Å²) in [7, 11) is -2.66. The number of rotatable bonds is 6. The topological polar surface area (TPSA) is 64.0 Å². The van der Waals surface area contributed by atoms with E-state index in [-0.39, 0.29) is 9.90 Å². The van der Waals surface area contributed by atoms with Crippen LogP contribution in [-0.2, 0) is 23.2 Å². The van der Waals surface area contributed by atoms with Gasteiger partial charge in [0.25, 0.3) is 10.0 Å². The predicted molar refractivity (Wildman–Crippen MR) is 107 cm³/mol. The Labute approximate surface area is 171 Å². The minimum Gasteiger partial charge on any atom is -0.279 e. The van der Waals surface area contributed by atoms with E-state index >= 15 is 0 Å². The highest BCUT2D eigenvalue weighted by Crippen LogP contribution is 2.35. The van der Waals surface area contributed by atoms with Crippen LogP contribution in [0, 0.1) is 0 Å². The van der Waals surface area contributed by atoms with Crippen molar-refractivity contribution in [1.29, 1.82) is 0 Å². The maximum atomic E-state index is 13.0. The number of aromatic nitrogens is 2. The Kier molecular flexibility index (Phi) is 5.77. The summed E-state index contributed by atoms with van der Waals surface area (Å²) in [6.07, 6.45) is -3.55. The molecule has 1 atom stereocenters. The van der Waals surface area contributed by atoms with E-state index in [1.165, 1.54) is 19.2 Å². The predicted octanol–water partition coefficient (Wildman–Crippen LogP) is 5.48. The van der Waals surface area contributed by atoms with Crippen molar-refractivity contribution in [2.75, 3.05) is 4.72 Å². The number of sulfonamides is 1. The monoisotopic (exact) mass is 443 g/mol. The summed E-state index contributed by atoms with van der Waals surface area (Å²) in [5.41, 5.74) is 0.711. The molecule has 0 aliphatic rings. The molecule has 29 heavy (non-hydrogen) atoms. The summed E-state index contributed by atoms with van der Waals surface area (Å²) in [5.74, 6) is 0.375. The smallest absolute Gasteiger partial charge is 0.279 e.